The van der Waals surface area contributed by atoms with Crippen LogP contribution in [0.25, 0.3) is 10.2 Å². The van der Waals surface area contributed by atoms with Gasteiger partial charge >= 0.3 is 0 Å². The maximum Gasteiger partial charge on any atom is 0.279 e. The third kappa shape index (κ3) is 4.12. The van der Waals surface area contributed by atoms with Crippen LogP contribution < -0.4 is 4.80 Å². The first-order valence-electron chi connectivity index (χ1n) is 8.33. The molecule has 0 atom stereocenters. The zero-order chi connectivity index (χ0) is 19.6. The van der Waals surface area contributed by atoms with Crippen LogP contribution in [-0.2, 0) is 6.54 Å². The largest absolute Gasteiger partial charge is 0.315 e. The molecule has 2 aromatic carbocycles. The number of nitrogens with zero attached hydrogens (tertiary/aromatic N) is 3. The van der Waals surface area contributed by atoms with Crippen molar-refractivity contribution in [1.82, 2.24) is 4.57 Å². The fourth-order valence-corrected chi connectivity index (χ4v) is 4.21. The Kier molecular flexibility index (Phi) is 5.76. The first kappa shape index (κ1) is 19.3. The standard InChI is InChI=1S/C19H19N3O3S2/c1-12-9-16-17(10-13(12)2)27-19(21(16)7-8-26-3)20-18(23)14-5-4-6-15(11-14)22(24)25/h4-6,9-11H,7-8H2,1-3H3. The minimum atomic E-state index is -0.513. The molecular weight excluding hydrogens is 382 g/mol. The van der Waals surface area contributed by atoms with Crippen LogP contribution in [0.3, 0.4) is 0 Å². The second-order valence-corrected chi connectivity index (χ2v) is 8.15. The van der Waals surface area contributed by atoms with E-state index in [4.69, 9.17) is 0 Å². The van der Waals surface area contributed by atoms with Gasteiger partial charge in [-0.2, -0.15) is 16.8 Å². The number of carbonyl (C=O) groups excluding carboxylic acids is 1. The molecule has 6 nitrogen and oxygen atoms in total. The van der Waals surface area contributed by atoms with Gasteiger partial charge in [0.05, 0.1) is 15.1 Å². The van der Waals surface area contributed by atoms with Crippen LogP contribution in [0.4, 0.5) is 5.69 Å². The average Bonchev–Trinajstić information content (AvgIpc) is 2.96. The number of nitro groups is 1. The van der Waals surface area contributed by atoms with Crippen molar-refractivity contribution in [2.45, 2.75) is 20.4 Å². The Balaban J connectivity index is 2.12. The number of hydrogen-bond donors (Lipinski definition) is 0. The summed E-state index contributed by atoms with van der Waals surface area (Å²) < 4.78 is 3.13. The van der Waals surface area contributed by atoms with Gasteiger partial charge in [-0.3, -0.25) is 14.9 Å². The summed E-state index contributed by atoms with van der Waals surface area (Å²) in [6, 6.07) is 9.91. The Morgan fingerprint density at radius 1 is 1.26 bits per heavy atom. The second kappa shape index (κ2) is 8.06. The number of aryl methyl sites for hydroxylation is 3. The van der Waals surface area contributed by atoms with E-state index in [1.807, 2.05) is 6.26 Å². The molecule has 1 amide bonds. The predicted octanol–water partition coefficient (Wildman–Crippen LogP) is 4.33. The van der Waals surface area contributed by atoms with Crippen molar-refractivity contribution in [2.24, 2.45) is 4.99 Å². The lowest BCUT2D eigenvalue weighted by Gasteiger charge is -2.06. The number of carbonyl (C=O) groups is 1. The highest BCUT2D eigenvalue weighted by molar-refractivity contribution is 7.98. The van der Waals surface area contributed by atoms with Gasteiger partial charge in [0.2, 0.25) is 0 Å². The van der Waals surface area contributed by atoms with Crippen LogP contribution in [0, 0.1) is 24.0 Å². The monoisotopic (exact) mass is 401 g/mol. The normalized spacial score (nSPS) is 11.9. The Hall–Kier alpha value is -2.45. The van der Waals surface area contributed by atoms with Crippen LogP contribution in [-0.4, -0.2) is 27.4 Å². The van der Waals surface area contributed by atoms with Crippen LogP contribution in [0.5, 0.6) is 0 Å². The summed E-state index contributed by atoms with van der Waals surface area (Å²) in [7, 11) is 0. The Morgan fingerprint density at radius 3 is 2.70 bits per heavy atom. The number of aromatic nitrogens is 1. The number of thioether (sulfide) groups is 1. The van der Waals surface area contributed by atoms with Gasteiger partial charge < -0.3 is 4.57 Å². The molecule has 0 aliphatic carbocycles. The summed E-state index contributed by atoms with van der Waals surface area (Å²) in [5.41, 5.74) is 3.54. The molecule has 8 heteroatoms. The number of thiazole rings is 1. The lowest BCUT2D eigenvalue weighted by Crippen LogP contribution is -2.18. The molecular formula is C19H19N3O3S2. The molecule has 3 rings (SSSR count). The van der Waals surface area contributed by atoms with E-state index in [1.165, 1.54) is 40.7 Å². The molecule has 0 spiro atoms. The van der Waals surface area contributed by atoms with Gasteiger partial charge in [-0.05, 0) is 49.4 Å². The van der Waals surface area contributed by atoms with Crippen molar-refractivity contribution in [3.63, 3.8) is 0 Å². The Morgan fingerprint density at radius 2 is 2.00 bits per heavy atom. The molecule has 27 heavy (non-hydrogen) atoms. The molecule has 3 aromatic rings. The topological polar surface area (TPSA) is 77.5 Å². The van der Waals surface area contributed by atoms with Crippen LogP contribution in [0.1, 0.15) is 21.5 Å². The van der Waals surface area contributed by atoms with Gasteiger partial charge in [-0.15, -0.1) is 0 Å². The highest BCUT2D eigenvalue weighted by atomic mass is 32.2. The number of fused-ring (bicyclic) bond motifs is 1. The molecule has 0 N–H and O–H groups in total. The minimum Gasteiger partial charge on any atom is -0.315 e. The van der Waals surface area contributed by atoms with Crippen LogP contribution in [0.15, 0.2) is 41.4 Å². The summed E-state index contributed by atoms with van der Waals surface area (Å²) in [5.74, 6) is 0.424. The molecule has 0 aliphatic heterocycles. The lowest BCUT2D eigenvalue weighted by molar-refractivity contribution is -0.384. The first-order valence-corrected chi connectivity index (χ1v) is 10.5. The quantitative estimate of drug-likeness (QED) is 0.471. The lowest BCUT2D eigenvalue weighted by atomic mass is 10.1. The fourth-order valence-electron chi connectivity index (χ4n) is 2.71. The van der Waals surface area contributed by atoms with Gasteiger partial charge in [-0.25, -0.2) is 0 Å². The minimum absolute atomic E-state index is 0.117. The predicted molar refractivity (Wildman–Crippen MR) is 111 cm³/mol. The zero-order valence-corrected chi connectivity index (χ0v) is 16.9. The zero-order valence-electron chi connectivity index (χ0n) is 15.3. The van der Waals surface area contributed by atoms with E-state index >= 15 is 0 Å². The van der Waals surface area contributed by atoms with Gasteiger partial charge in [-0.1, -0.05) is 17.4 Å². The maximum atomic E-state index is 12.6. The van der Waals surface area contributed by atoms with Crippen LogP contribution in [0.2, 0.25) is 0 Å². The smallest absolute Gasteiger partial charge is 0.279 e. The average molecular weight is 402 g/mol. The summed E-state index contributed by atoms with van der Waals surface area (Å²) in [4.78, 5) is 28.0. The van der Waals surface area contributed by atoms with Gasteiger partial charge in [0.1, 0.15) is 0 Å². The third-order valence-electron chi connectivity index (χ3n) is 4.32. The molecule has 0 aliphatic rings. The van der Waals surface area contributed by atoms with E-state index in [0.717, 1.165) is 22.5 Å². The van der Waals surface area contributed by atoms with E-state index in [-0.39, 0.29) is 11.3 Å². The Bertz CT molecular complexity index is 1100. The van der Waals surface area contributed by atoms with Gasteiger partial charge in [0.25, 0.3) is 11.6 Å². The van der Waals surface area contributed by atoms with Crippen molar-refractivity contribution in [1.29, 1.82) is 0 Å². The summed E-state index contributed by atoms with van der Waals surface area (Å²) in [6.07, 6.45) is 2.04. The first-order chi connectivity index (χ1) is 12.9. The van der Waals surface area contributed by atoms with Crippen molar-refractivity contribution in [2.75, 3.05) is 12.0 Å². The van der Waals surface area contributed by atoms with Crippen molar-refractivity contribution in [3.8, 4) is 0 Å². The SMILES string of the molecule is CSCCn1c(=NC(=O)c2cccc([N+](=O)[O-])c2)sc2cc(C)c(C)cc21. The number of rotatable bonds is 5. The molecule has 0 bridgehead atoms. The molecule has 1 heterocycles. The number of non-ortho nitro benzene ring substituents is 1. The molecule has 0 fully saturated rings. The fraction of sp³-hybridized carbons (Fsp3) is 0.263. The summed E-state index contributed by atoms with van der Waals surface area (Å²) in [5, 5.41) is 10.9. The van der Waals surface area contributed by atoms with Crippen molar-refractivity contribution in [3.05, 3.63) is 68.0 Å². The number of amides is 1. The van der Waals surface area contributed by atoms with E-state index < -0.39 is 10.8 Å². The van der Waals surface area contributed by atoms with Gasteiger partial charge in [0.15, 0.2) is 4.80 Å². The molecule has 0 radical (unpaired) electrons. The molecule has 0 unspecified atom stereocenters. The molecule has 0 saturated carbocycles. The molecule has 140 valence electrons. The summed E-state index contributed by atoms with van der Waals surface area (Å²) in [6.45, 7) is 4.87. The maximum absolute atomic E-state index is 12.6. The van der Waals surface area contributed by atoms with E-state index in [2.05, 4.69) is 35.5 Å². The third-order valence-corrected chi connectivity index (χ3v) is 5.95. The van der Waals surface area contributed by atoms with Crippen molar-refractivity contribution < 1.29 is 9.72 Å². The van der Waals surface area contributed by atoms with E-state index in [0.29, 0.717) is 4.80 Å². The summed E-state index contributed by atoms with van der Waals surface area (Å²) >= 11 is 3.19. The van der Waals surface area contributed by atoms with Crippen molar-refractivity contribution >= 4 is 44.9 Å². The Labute approximate surface area is 164 Å². The molecule has 1 aromatic heterocycles. The second-order valence-electron chi connectivity index (χ2n) is 6.16. The van der Waals surface area contributed by atoms with Crippen LogP contribution >= 0.6 is 23.1 Å². The highest BCUT2D eigenvalue weighted by Crippen LogP contribution is 2.22. The van der Waals surface area contributed by atoms with E-state index in [9.17, 15) is 14.9 Å². The molecule has 0 saturated heterocycles. The number of hydrogen-bond acceptors (Lipinski definition) is 5. The number of benzene rings is 2. The highest BCUT2D eigenvalue weighted by Gasteiger charge is 2.13. The van der Waals surface area contributed by atoms with E-state index in [1.54, 1.807) is 17.8 Å². The van der Waals surface area contributed by atoms with Gasteiger partial charge in [0, 0.05) is 30.0 Å². The number of nitro benzene ring substituents is 1.